The highest BCUT2D eigenvalue weighted by atomic mass is 32.2. The van der Waals surface area contributed by atoms with Gasteiger partial charge in [0.05, 0.1) is 23.0 Å². The van der Waals surface area contributed by atoms with E-state index in [1.54, 1.807) is 19.1 Å². The Morgan fingerprint density at radius 3 is 2.38 bits per heavy atom. The maximum absolute atomic E-state index is 13.1. The molecular formula is C23H27N5O5S. The summed E-state index contributed by atoms with van der Waals surface area (Å²) in [5.74, 6) is -1.69. The van der Waals surface area contributed by atoms with Gasteiger partial charge < -0.3 is 15.3 Å². The number of carboxylic acids is 1. The standard InChI is InChI=1S/C23H27N5O5S/c1-16-4-6-21(25-17(2)29)22(14-16)34(32,33)26-20-7-5-18(15-19(20)23(30)31)28-12-10-27(11-13-28)9-3-8-24/h4-7,14-15,26H,3,9-13H2,1-2H3,(H,25,29)(H,30,31). The summed E-state index contributed by atoms with van der Waals surface area (Å²) < 4.78 is 28.7. The number of benzene rings is 2. The molecule has 1 heterocycles. The van der Waals surface area contributed by atoms with Crippen molar-refractivity contribution >= 4 is 39.0 Å². The Labute approximate surface area is 198 Å². The summed E-state index contributed by atoms with van der Waals surface area (Å²) in [6, 6.07) is 11.3. The molecule has 1 aliphatic heterocycles. The number of amides is 1. The number of carboxylic acid groups (broad SMARTS) is 1. The molecule has 1 aliphatic rings. The highest BCUT2D eigenvalue weighted by Crippen LogP contribution is 2.29. The first-order valence-corrected chi connectivity index (χ1v) is 12.2. The van der Waals surface area contributed by atoms with Crippen molar-refractivity contribution in [2.45, 2.75) is 25.2 Å². The molecule has 0 aliphatic carbocycles. The normalized spacial score (nSPS) is 14.3. The van der Waals surface area contributed by atoms with Gasteiger partial charge in [0.15, 0.2) is 0 Å². The van der Waals surface area contributed by atoms with Gasteiger partial charge in [-0.25, -0.2) is 13.2 Å². The van der Waals surface area contributed by atoms with Crippen LogP contribution in [0.2, 0.25) is 0 Å². The van der Waals surface area contributed by atoms with Gasteiger partial charge in [-0.3, -0.25) is 14.4 Å². The average Bonchev–Trinajstić information content (AvgIpc) is 2.79. The molecule has 0 atom stereocenters. The van der Waals surface area contributed by atoms with Crippen molar-refractivity contribution in [1.82, 2.24) is 4.90 Å². The lowest BCUT2D eigenvalue weighted by molar-refractivity contribution is -0.114. The molecule has 180 valence electrons. The van der Waals surface area contributed by atoms with E-state index in [0.29, 0.717) is 37.3 Å². The largest absolute Gasteiger partial charge is 0.478 e. The third kappa shape index (κ3) is 6.03. The zero-order valence-electron chi connectivity index (χ0n) is 19.0. The van der Waals surface area contributed by atoms with Crippen LogP contribution in [-0.2, 0) is 14.8 Å². The highest BCUT2D eigenvalue weighted by molar-refractivity contribution is 7.93. The summed E-state index contributed by atoms with van der Waals surface area (Å²) in [4.78, 5) is 27.5. The summed E-state index contributed by atoms with van der Waals surface area (Å²) in [5.41, 5.74) is 1.20. The van der Waals surface area contributed by atoms with Crippen LogP contribution in [0.3, 0.4) is 0 Å². The Balaban J connectivity index is 1.86. The molecule has 1 fully saturated rings. The van der Waals surface area contributed by atoms with Crippen molar-refractivity contribution in [1.29, 1.82) is 5.26 Å². The zero-order chi connectivity index (χ0) is 24.9. The Morgan fingerprint density at radius 2 is 1.76 bits per heavy atom. The molecule has 0 radical (unpaired) electrons. The number of anilines is 3. The van der Waals surface area contributed by atoms with Gasteiger partial charge in [-0.15, -0.1) is 0 Å². The molecule has 11 heteroatoms. The monoisotopic (exact) mass is 485 g/mol. The second kappa shape index (κ2) is 10.5. The number of hydrogen-bond donors (Lipinski definition) is 3. The molecule has 0 spiro atoms. The van der Waals surface area contributed by atoms with Crippen molar-refractivity contribution in [2.75, 3.05) is 47.7 Å². The Kier molecular flexibility index (Phi) is 7.75. The SMILES string of the molecule is CC(=O)Nc1ccc(C)cc1S(=O)(=O)Nc1ccc(N2CCN(CCC#N)CC2)cc1C(=O)O. The third-order valence-electron chi connectivity index (χ3n) is 5.49. The molecule has 2 aromatic carbocycles. The second-order valence-corrected chi connectivity index (χ2v) is 9.71. The molecule has 0 aromatic heterocycles. The number of nitrogens with one attached hydrogen (secondary N) is 2. The van der Waals surface area contributed by atoms with Gasteiger partial charge in [0, 0.05) is 51.8 Å². The molecule has 1 saturated heterocycles. The van der Waals surface area contributed by atoms with Crippen LogP contribution in [0.5, 0.6) is 0 Å². The topological polar surface area (TPSA) is 143 Å². The lowest BCUT2D eigenvalue weighted by Crippen LogP contribution is -2.46. The van der Waals surface area contributed by atoms with Gasteiger partial charge in [-0.1, -0.05) is 6.07 Å². The van der Waals surface area contributed by atoms with Crippen LogP contribution < -0.4 is 14.9 Å². The van der Waals surface area contributed by atoms with Crippen LogP contribution in [0.15, 0.2) is 41.3 Å². The first kappa shape index (κ1) is 25.0. The number of piperazine rings is 1. The number of hydrogen-bond acceptors (Lipinski definition) is 7. The maximum Gasteiger partial charge on any atom is 0.337 e. The number of aromatic carboxylic acids is 1. The van der Waals surface area contributed by atoms with E-state index in [4.69, 9.17) is 5.26 Å². The van der Waals surface area contributed by atoms with Crippen LogP contribution in [0, 0.1) is 18.3 Å². The molecule has 34 heavy (non-hydrogen) atoms. The first-order chi connectivity index (χ1) is 16.1. The van der Waals surface area contributed by atoms with Gasteiger partial charge in [-0.2, -0.15) is 5.26 Å². The van der Waals surface area contributed by atoms with E-state index in [1.807, 2.05) is 4.90 Å². The van der Waals surface area contributed by atoms with Gasteiger partial charge >= 0.3 is 5.97 Å². The van der Waals surface area contributed by atoms with Crippen LogP contribution in [0.4, 0.5) is 17.1 Å². The minimum Gasteiger partial charge on any atom is -0.478 e. The molecular weight excluding hydrogens is 458 g/mol. The third-order valence-corrected chi connectivity index (χ3v) is 6.90. The molecule has 2 aromatic rings. The predicted octanol–water partition coefficient (Wildman–Crippen LogP) is 2.49. The molecule has 3 N–H and O–H groups in total. The number of carbonyl (C=O) groups is 2. The van der Waals surface area contributed by atoms with Crippen LogP contribution in [0.1, 0.15) is 29.3 Å². The number of nitriles is 1. The van der Waals surface area contributed by atoms with E-state index < -0.39 is 21.9 Å². The fourth-order valence-corrected chi connectivity index (χ4v) is 5.10. The van der Waals surface area contributed by atoms with E-state index in [2.05, 4.69) is 21.0 Å². The van der Waals surface area contributed by atoms with Crippen molar-refractivity contribution in [3.63, 3.8) is 0 Å². The molecule has 0 unspecified atom stereocenters. The number of aryl methyl sites for hydroxylation is 1. The minimum absolute atomic E-state index is 0.0702. The lowest BCUT2D eigenvalue weighted by Gasteiger charge is -2.36. The number of rotatable bonds is 8. The fourth-order valence-electron chi connectivity index (χ4n) is 3.78. The van der Waals surface area contributed by atoms with E-state index in [0.717, 1.165) is 13.1 Å². The van der Waals surface area contributed by atoms with Crippen molar-refractivity contribution < 1.29 is 23.1 Å². The maximum atomic E-state index is 13.1. The summed E-state index contributed by atoms with van der Waals surface area (Å²) in [5, 5.41) is 21.0. The Bertz CT molecular complexity index is 1230. The fraction of sp³-hybridized carbons (Fsp3) is 0.348. The zero-order valence-corrected chi connectivity index (χ0v) is 19.9. The van der Waals surface area contributed by atoms with Gasteiger partial charge in [0.1, 0.15) is 4.90 Å². The smallest absolute Gasteiger partial charge is 0.337 e. The van der Waals surface area contributed by atoms with Crippen LogP contribution >= 0.6 is 0 Å². The van der Waals surface area contributed by atoms with Gasteiger partial charge in [0.2, 0.25) is 5.91 Å². The summed E-state index contributed by atoms with van der Waals surface area (Å²) in [7, 11) is -4.20. The summed E-state index contributed by atoms with van der Waals surface area (Å²) >= 11 is 0. The molecule has 0 bridgehead atoms. The van der Waals surface area contributed by atoms with E-state index in [9.17, 15) is 23.1 Å². The average molecular weight is 486 g/mol. The van der Waals surface area contributed by atoms with Gasteiger partial charge in [0.25, 0.3) is 10.0 Å². The summed E-state index contributed by atoms with van der Waals surface area (Å²) in [6.45, 7) is 6.51. The first-order valence-electron chi connectivity index (χ1n) is 10.7. The quantitative estimate of drug-likeness (QED) is 0.518. The van der Waals surface area contributed by atoms with Gasteiger partial charge in [-0.05, 0) is 42.8 Å². The summed E-state index contributed by atoms with van der Waals surface area (Å²) in [6.07, 6.45) is 0.461. The van der Waals surface area contributed by atoms with Crippen molar-refractivity contribution in [3.05, 3.63) is 47.5 Å². The highest BCUT2D eigenvalue weighted by Gasteiger charge is 2.24. The van der Waals surface area contributed by atoms with Crippen LogP contribution in [0.25, 0.3) is 0 Å². The predicted molar refractivity (Wildman–Crippen MR) is 129 cm³/mol. The van der Waals surface area contributed by atoms with E-state index in [-0.39, 0.29) is 21.8 Å². The lowest BCUT2D eigenvalue weighted by atomic mass is 10.1. The molecule has 1 amide bonds. The molecule has 0 saturated carbocycles. The Morgan fingerprint density at radius 1 is 1.09 bits per heavy atom. The van der Waals surface area contributed by atoms with Crippen molar-refractivity contribution in [2.24, 2.45) is 0 Å². The van der Waals surface area contributed by atoms with E-state index >= 15 is 0 Å². The number of carbonyl (C=O) groups excluding carboxylic acids is 1. The minimum atomic E-state index is -4.20. The molecule has 3 rings (SSSR count). The number of sulfonamides is 1. The van der Waals surface area contributed by atoms with E-state index in [1.165, 1.54) is 31.2 Å². The molecule has 10 nitrogen and oxygen atoms in total. The van der Waals surface area contributed by atoms with Crippen molar-refractivity contribution in [3.8, 4) is 6.07 Å². The van der Waals surface area contributed by atoms with Crippen LogP contribution in [-0.4, -0.2) is 63.0 Å². The number of nitrogens with zero attached hydrogens (tertiary/aromatic N) is 3. The Hall–Kier alpha value is -3.62. The second-order valence-electron chi connectivity index (χ2n) is 8.06.